The number of oxime groups is 1. The second-order valence-electron chi connectivity index (χ2n) is 5.01. The smallest absolute Gasteiger partial charge is 0.251 e. The molecular weight excluding hydrogens is 260 g/mol. The van der Waals surface area contributed by atoms with E-state index in [2.05, 4.69) is 10.5 Å². The fourth-order valence-electron chi connectivity index (χ4n) is 2.50. The van der Waals surface area contributed by atoms with Gasteiger partial charge in [0, 0.05) is 36.8 Å². The fourth-order valence-corrected chi connectivity index (χ4v) is 2.50. The predicted octanol–water partition coefficient (Wildman–Crippen LogP) is 0.0302. The zero-order valence-corrected chi connectivity index (χ0v) is 11.2. The van der Waals surface area contributed by atoms with Crippen molar-refractivity contribution in [3.05, 3.63) is 34.2 Å². The molecule has 0 bridgehead atoms. The summed E-state index contributed by atoms with van der Waals surface area (Å²) in [6, 6.07) is 2.72. The van der Waals surface area contributed by atoms with E-state index in [-0.39, 0.29) is 29.3 Å². The standard InChI is InChI=1S/C13H18N4O3/c1-17-6-5-8(7-11(17)18)13(19)15-10-4-2-3-9(10)12(14)16-20/h5-7,9-10,20H,2-4H2,1H3,(H2,14,16)(H,15,19). The van der Waals surface area contributed by atoms with E-state index in [1.165, 1.54) is 10.6 Å². The van der Waals surface area contributed by atoms with Crippen LogP contribution in [0.2, 0.25) is 0 Å². The van der Waals surface area contributed by atoms with Crippen molar-refractivity contribution in [2.75, 3.05) is 0 Å². The Morgan fingerprint density at radius 1 is 1.55 bits per heavy atom. The monoisotopic (exact) mass is 278 g/mol. The molecule has 0 radical (unpaired) electrons. The van der Waals surface area contributed by atoms with Crippen molar-refractivity contribution >= 4 is 11.7 Å². The van der Waals surface area contributed by atoms with E-state index < -0.39 is 0 Å². The molecule has 1 aromatic rings. The number of nitrogens with one attached hydrogen (secondary N) is 1. The van der Waals surface area contributed by atoms with Crippen LogP contribution in [-0.4, -0.2) is 27.6 Å². The molecule has 2 unspecified atom stereocenters. The highest BCUT2D eigenvalue weighted by Gasteiger charge is 2.31. The summed E-state index contributed by atoms with van der Waals surface area (Å²) in [5, 5.41) is 14.6. The van der Waals surface area contributed by atoms with E-state index in [1.54, 1.807) is 19.3 Å². The van der Waals surface area contributed by atoms with Crippen LogP contribution in [0, 0.1) is 5.92 Å². The average Bonchev–Trinajstić information content (AvgIpc) is 2.89. The van der Waals surface area contributed by atoms with Crippen molar-refractivity contribution in [2.24, 2.45) is 23.9 Å². The summed E-state index contributed by atoms with van der Waals surface area (Å²) >= 11 is 0. The van der Waals surface area contributed by atoms with Crippen LogP contribution in [0.25, 0.3) is 0 Å². The molecule has 7 heteroatoms. The molecule has 1 saturated carbocycles. The Kier molecular flexibility index (Phi) is 4.07. The van der Waals surface area contributed by atoms with Crippen molar-refractivity contribution < 1.29 is 10.0 Å². The summed E-state index contributed by atoms with van der Waals surface area (Å²) in [5.74, 6) is -0.336. The molecule has 2 atom stereocenters. The minimum atomic E-state index is -0.315. The lowest BCUT2D eigenvalue weighted by atomic mass is 10.0. The number of aromatic nitrogens is 1. The van der Waals surface area contributed by atoms with Crippen molar-refractivity contribution in [2.45, 2.75) is 25.3 Å². The molecule has 1 aromatic heterocycles. The first kappa shape index (κ1) is 14.1. The normalized spacial score (nSPS) is 22.8. The van der Waals surface area contributed by atoms with Gasteiger partial charge in [-0.25, -0.2) is 0 Å². The third kappa shape index (κ3) is 2.81. The second-order valence-corrected chi connectivity index (χ2v) is 5.01. The third-order valence-electron chi connectivity index (χ3n) is 3.69. The van der Waals surface area contributed by atoms with Gasteiger partial charge in [-0.05, 0) is 18.9 Å². The summed E-state index contributed by atoms with van der Waals surface area (Å²) in [6.45, 7) is 0. The van der Waals surface area contributed by atoms with E-state index in [4.69, 9.17) is 10.9 Å². The van der Waals surface area contributed by atoms with Gasteiger partial charge in [0.1, 0.15) is 5.84 Å². The number of pyridine rings is 1. The lowest BCUT2D eigenvalue weighted by Crippen LogP contribution is -2.42. The largest absolute Gasteiger partial charge is 0.409 e. The molecule has 1 aliphatic rings. The van der Waals surface area contributed by atoms with E-state index in [9.17, 15) is 9.59 Å². The van der Waals surface area contributed by atoms with Gasteiger partial charge in [-0.1, -0.05) is 11.6 Å². The Bertz CT molecular complexity index is 594. The minimum Gasteiger partial charge on any atom is -0.409 e. The Morgan fingerprint density at radius 3 is 2.95 bits per heavy atom. The number of hydrogen-bond acceptors (Lipinski definition) is 4. The number of aryl methyl sites for hydroxylation is 1. The zero-order chi connectivity index (χ0) is 14.7. The molecular formula is C13H18N4O3. The lowest BCUT2D eigenvalue weighted by molar-refractivity contribution is 0.0933. The van der Waals surface area contributed by atoms with Crippen molar-refractivity contribution in [1.29, 1.82) is 0 Å². The Hall–Kier alpha value is -2.31. The summed E-state index contributed by atoms with van der Waals surface area (Å²) in [7, 11) is 1.62. The van der Waals surface area contributed by atoms with Crippen LogP contribution in [0.15, 0.2) is 28.3 Å². The van der Waals surface area contributed by atoms with Crippen LogP contribution < -0.4 is 16.6 Å². The molecule has 1 heterocycles. The van der Waals surface area contributed by atoms with Gasteiger partial charge in [-0.15, -0.1) is 0 Å². The molecule has 0 spiro atoms. The second kappa shape index (κ2) is 5.77. The van der Waals surface area contributed by atoms with Gasteiger partial charge in [0.2, 0.25) is 0 Å². The Morgan fingerprint density at radius 2 is 2.30 bits per heavy atom. The topological polar surface area (TPSA) is 110 Å². The number of amides is 1. The molecule has 0 aromatic carbocycles. The van der Waals surface area contributed by atoms with Crippen LogP contribution in [0.4, 0.5) is 0 Å². The van der Waals surface area contributed by atoms with Crippen LogP contribution >= 0.6 is 0 Å². The van der Waals surface area contributed by atoms with Crippen LogP contribution in [-0.2, 0) is 7.05 Å². The molecule has 1 aliphatic carbocycles. The first-order chi connectivity index (χ1) is 9.52. The number of hydrogen-bond donors (Lipinski definition) is 3. The maximum absolute atomic E-state index is 12.1. The fraction of sp³-hybridized carbons (Fsp3) is 0.462. The number of amidine groups is 1. The van der Waals surface area contributed by atoms with Gasteiger partial charge < -0.3 is 20.8 Å². The molecule has 0 aliphatic heterocycles. The van der Waals surface area contributed by atoms with Crippen molar-refractivity contribution in [3.63, 3.8) is 0 Å². The Balaban J connectivity index is 2.11. The van der Waals surface area contributed by atoms with E-state index in [0.717, 1.165) is 19.3 Å². The minimum absolute atomic E-state index is 0.136. The number of rotatable bonds is 3. The summed E-state index contributed by atoms with van der Waals surface area (Å²) < 4.78 is 1.39. The van der Waals surface area contributed by atoms with Gasteiger partial charge in [0.15, 0.2) is 0 Å². The lowest BCUT2D eigenvalue weighted by Gasteiger charge is -2.19. The quantitative estimate of drug-likeness (QED) is 0.313. The molecule has 7 nitrogen and oxygen atoms in total. The van der Waals surface area contributed by atoms with Gasteiger partial charge in [0.05, 0.1) is 0 Å². The highest BCUT2D eigenvalue weighted by Crippen LogP contribution is 2.26. The van der Waals surface area contributed by atoms with Crippen molar-refractivity contribution in [3.8, 4) is 0 Å². The Labute approximate surface area is 116 Å². The first-order valence-electron chi connectivity index (χ1n) is 6.48. The molecule has 4 N–H and O–H groups in total. The maximum atomic E-state index is 12.1. The van der Waals surface area contributed by atoms with E-state index in [0.29, 0.717) is 5.56 Å². The average molecular weight is 278 g/mol. The van der Waals surface area contributed by atoms with Gasteiger partial charge in [-0.3, -0.25) is 9.59 Å². The van der Waals surface area contributed by atoms with Crippen LogP contribution in [0.1, 0.15) is 29.6 Å². The molecule has 2 rings (SSSR count). The van der Waals surface area contributed by atoms with Crippen LogP contribution in [0.3, 0.4) is 0 Å². The summed E-state index contributed by atoms with van der Waals surface area (Å²) in [6.07, 6.45) is 4.00. The highest BCUT2D eigenvalue weighted by molar-refractivity contribution is 5.94. The summed E-state index contributed by atoms with van der Waals surface area (Å²) in [5.41, 5.74) is 5.70. The molecule has 20 heavy (non-hydrogen) atoms. The maximum Gasteiger partial charge on any atom is 0.251 e. The highest BCUT2D eigenvalue weighted by atomic mass is 16.4. The number of nitrogens with zero attached hydrogens (tertiary/aromatic N) is 2. The molecule has 1 fully saturated rings. The van der Waals surface area contributed by atoms with Gasteiger partial charge in [0.25, 0.3) is 11.5 Å². The molecule has 108 valence electrons. The number of nitrogens with two attached hydrogens (primary N) is 1. The third-order valence-corrected chi connectivity index (χ3v) is 3.69. The van der Waals surface area contributed by atoms with Crippen molar-refractivity contribution in [1.82, 2.24) is 9.88 Å². The van der Waals surface area contributed by atoms with E-state index in [1.807, 2.05) is 0 Å². The summed E-state index contributed by atoms with van der Waals surface area (Å²) in [4.78, 5) is 23.6. The SMILES string of the molecule is Cn1ccc(C(=O)NC2CCCC2/C(N)=N/O)cc1=O. The van der Waals surface area contributed by atoms with Crippen LogP contribution in [0.5, 0.6) is 0 Å². The molecule has 0 saturated heterocycles. The zero-order valence-electron chi connectivity index (χ0n) is 11.2. The number of carbonyl (C=O) groups excluding carboxylic acids is 1. The first-order valence-corrected chi connectivity index (χ1v) is 6.48. The number of carbonyl (C=O) groups is 1. The van der Waals surface area contributed by atoms with Gasteiger partial charge >= 0.3 is 0 Å². The predicted molar refractivity (Wildman–Crippen MR) is 73.7 cm³/mol. The molecule has 1 amide bonds. The van der Waals surface area contributed by atoms with Gasteiger partial charge in [-0.2, -0.15) is 0 Å². The van der Waals surface area contributed by atoms with E-state index >= 15 is 0 Å².